The normalized spacial score (nSPS) is 22.2. The number of ether oxygens (including phenoxy) is 1. The van der Waals surface area contributed by atoms with Gasteiger partial charge < -0.3 is 19.9 Å². The fourth-order valence-corrected chi connectivity index (χ4v) is 5.27. The van der Waals surface area contributed by atoms with E-state index in [2.05, 4.69) is 36.2 Å². The Hall–Kier alpha value is -3.12. The van der Waals surface area contributed by atoms with Gasteiger partial charge in [-0.2, -0.15) is 0 Å². The van der Waals surface area contributed by atoms with Crippen molar-refractivity contribution in [3.8, 4) is 0 Å². The average molecular weight is 446 g/mol. The number of allylic oxidation sites excluding steroid dienone is 1. The molecule has 172 valence electrons. The van der Waals surface area contributed by atoms with E-state index in [4.69, 9.17) is 4.74 Å². The number of morpholine rings is 1. The molecule has 0 spiro atoms. The van der Waals surface area contributed by atoms with Gasteiger partial charge in [-0.05, 0) is 29.5 Å². The third-order valence-electron chi connectivity index (χ3n) is 6.79. The average Bonchev–Trinajstić information content (AvgIpc) is 2.94. The summed E-state index contributed by atoms with van der Waals surface area (Å²) >= 11 is 0. The van der Waals surface area contributed by atoms with Crippen LogP contribution in [0.15, 0.2) is 65.9 Å². The minimum atomic E-state index is -0.328. The molecule has 1 saturated heterocycles. The largest absolute Gasteiger partial charge is 0.378 e. The second-order valence-corrected chi connectivity index (χ2v) is 9.91. The van der Waals surface area contributed by atoms with Crippen molar-refractivity contribution in [2.45, 2.75) is 32.7 Å². The smallest absolute Gasteiger partial charge is 0.242 e. The SMILES string of the molecule is CC1(C)CC(=O)C2=C(C1)Nc1ccccc1N(CC(=O)N1CCOCC1)[C@H]2c1ccccc1. The molecule has 2 aliphatic heterocycles. The summed E-state index contributed by atoms with van der Waals surface area (Å²) in [5.41, 5.74) is 4.53. The molecule has 6 heteroatoms. The van der Waals surface area contributed by atoms with E-state index in [0.29, 0.717) is 32.7 Å². The number of para-hydroxylation sites is 2. The standard InChI is InChI=1S/C27H31N3O3/c1-27(2)16-21-25(23(31)17-27)26(19-8-4-3-5-9-19)30(22-11-7-6-10-20(22)28-21)18-24(32)29-12-14-33-15-13-29/h3-11,26,28H,12-18H2,1-2H3/t26-/m0/s1. The zero-order valence-corrected chi connectivity index (χ0v) is 19.3. The van der Waals surface area contributed by atoms with Crippen LogP contribution in [0.25, 0.3) is 0 Å². The zero-order valence-electron chi connectivity index (χ0n) is 19.3. The van der Waals surface area contributed by atoms with Crippen molar-refractivity contribution in [3.05, 3.63) is 71.4 Å². The van der Waals surface area contributed by atoms with Gasteiger partial charge in [0.25, 0.3) is 0 Å². The molecule has 5 rings (SSSR count). The molecule has 6 nitrogen and oxygen atoms in total. The van der Waals surface area contributed by atoms with E-state index in [1.165, 1.54) is 0 Å². The highest BCUT2D eigenvalue weighted by molar-refractivity contribution is 6.01. The maximum absolute atomic E-state index is 13.6. The second kappa shape index (κ2) is 8.67. The highest BCUT2D eigenvalue weighted by atomic mass is 16.5. The van der Waals surface area contributed by atoms with Gasteiger partial charge in [0, 0.05) is 30.8 Å². The van der Waals surface area contributed by atoms with E-state index in [1.807, 2.05) is 47.4 Å². The Morgan fingerprint density at radius 1 is 1.03 bits per heavy atom. The fourth-order valence-electron chi connectivity index (χ4n) is 5.27. The molecule has 3 aliphatic rings. The molecule has 0 bridgehead atoms. The Labute approximate surface area is 195 Å². The van der Waals surface area contributed by atoms with Crippen molar-refractivity contribution in [2.24, 2.45) is 5.41 Å². The predicted molar refractivity (Wildman–Crippen MR) is 129 cm³/mol. The summed E-state index contributed by atoms with van der Waals surface area (Å²) in [5, 5.41) is 3.60. The molecule has 0 unspecified atom stereocenters. The van der Waals surface area contributed by atoms with Gasteiger partial charge in [-0.1, -0.05) is 56.3 Å². The van der Waals surface area contributed by atoms with Crippen molar-refractivity contribution < 1.29 is 14.3 Å². The number of Topliss-reactive ketones (excluding diaryl/α,β-unsaturated/α-hetero) is 1. The lowest BCUT2D eigenvalue weighted by molar-refractivity contribution is -0.133. The molecule has 1 N–H and O–H groups in total. The molecule has 1 atom stereocenters. The number of fused-ring (bicyclic) bond motifs is 1. The van der Waals surface area contributed by atoms with E-state index in [0.717, 1.165) is 34.6 Å². The van der Waals surface area contributed by atoms with Crippen LogP contribution in [-0.2, 0) is 14.3 Å². The van der Waals surface area contributed by atoms with E-state index in [-0.39, 0.29) is 29.7 Å². The zero-order chi connectivity index (χ0) is 23.0. The summed E-state index contributed by atoms with van der Waals surface area (Å²) in [6, 6.07) is 17.8. The molecule has 2 aromatic rings. The van der Waals surface area contributed by atoms with E-state index in [1.54, 1.807) is 0 Å². The monoisotopic (exact) mass is 445 g/mol. The van der Waals surface area contributed by atoms with Crippen LogP contribution in [0.5, 0.6) is 0 Å². The first kappa shape index (κ1) is 21.7. The molecular weight excluding hydrogens is 414 g/mol. The summed E-state index contributed by atoms with van der Waals surface area (Å²) in [6.45, 7) is 6.82. The summed E-state index contributed by atoms with van der Waals surface area (Å²) in [5.74, 6) is 0.209. The topological polar surface area (TPSA) is 61.9 Å². The van der Waals surface area contributed by atoms with Gasteiger partial charge in [0.2, 0.25) is 5.91 Å². The van der Waals surface area contributed by atoms with Crippen molar-refractivity contribution in [2.75, 3.05) is 43.1 Å². The second-order valence-electron chi connectivity index (χ2n) is 9.91. The Kier molecular flexibility index (Phi) is 5.71. The minimum absolute atomic E-state index is 0.0571. The molecular formula is C27H31N3O3. The van der Waals surface area contributed by atoms with Crippen LogP contribution in [0.1, 0.15) is 38.3 Å². The number of carbonyl (C=O) groups is 2. The van der Waals surface area contributed by atoms with Crippen LogP contribution in [-0.4, -0.2) is 49.4 Å². The molecule has 2 heterocycles. The maximum atomic E-state index is 13.6. The van der Waals surface area contributed by atoms with Crippen LogP contribution in [0, 0.1) is 5.41 Å². The molecule has 0 radical (unpaired) electrons. The van der Waals surface area contributed by atoms with E-state index in [9.17, 15) is 9.59 Å². The highest BCUT2D eigenvalue weighted by Crippen LogP contribution is 2.48. The quantitative estimate of drug-likeness (QED) is 0.769. The lowest BCUT2D eigenvalue weighted by Gasteiger charge is -2.39. The van der Waals surface area contributed by atoms with Crippen LogP contribution >= 0.6 is 0 Å². The van der Waals surface area contributed by atoms with Crippen LogP contribution in [0.2, 0.25) is 0 Å². The van der Waals surface area contributed by atoms with Crippen molar-refractivity contribution >= 4 is 23.1 Å². The van der Waals surface area contributed by atoms with Gasteiger partial charge in [-0.25, -0.2) is 0 Å². The molecule has 0 saturated carbocycles. The number of ketones is 1. The molecule has 33 heavy (non-hydrogen) atoms. The molecule has 1 amide bonds. The third-order valence-corrected chi connectivity index (χ3v) is 6.79. The highest BCUT2D eigenvalue weighted by Gasteiger charge is 2.42. The number of benzene rings is 2. The number of rotatable bonds is 3. The number of anilines is 2. The Morgan fingerprint density at radius 3 is 2.48 bits per heavy atom. The summed E-state index contributed by atoms with van der Waals surface area (Å²) in [7, 11) is 0. The third kappa shape index (κ3) is 4.27. The molecule has 2 aromatic carbocycles. The number of hydrogen-bond donors (Lipinski definition) is 1. The number of hydrogen-bond acceptors (Lipinski definition) is 5. The van der Waals surface area contributed by atoms with Gasteiger partial charge in [0.1, 0.15) is 0 Å². The lowest BCUT2D eigenvalue weighted by Crippen LogP contribution is -2.47. The van der Waals surface area contributed by atoms with Crippen molar-refractivity contribution in [1.82, 2.24) is 4.90 Å². The van der Waals surface area contributed by atoms with Crippen LogP contribution < -0.4 is 10.2 Å². The maximum Gasteiger partial charge on any atom is 0.242 e. The molecule has 0 aromatic heterocycles. The van der Waals surface area contributed by atoms with Gasteiger partial charge in [0.05, 0.1) is 37.2 Å². The van der Waals surface area contributed by atoms with E-state index < -0.39 is 0 Å². The number of amides is 1. The van der Waals surface area contributed by atoms with Gasteiger partial charge in [-0.15, -0.1) is 0 Å². The summed E-state index contributed by atoms with van der Waals surface area (Å²) in [4.78, 5) is 31.0. The van der Waals surface area contributed by atoms with Gasteiger partial charge in [0.15, 0.2) is 5.78 Å². The fraction of sp³-hybridized carbons (Fsp3) is 0.407. The summed E-state index contributed by atoms with van der Waals surface area (Å²) < 4.78 is 5.44. The van der Waals surface area contributed by atoms with Crippen molar-refractivity contribution in [1.29, 1.82) is 0 Å². The van der Waals surface area contributed by atoms with E-state index >= 15 is 0 Å². The first-order chi connectivity index (χ1) is 15.9. The Bertz CT molecular complexity index is 1090. The predicted octanol–water partition coefficient (Wildman–Crippen LogP) is 4.16. The number of carbonyl (C=O) groups excluding carboxylic acids is 2. The minimum Gasteiger partial charge on any atom is -0.378 e. The first-order valence-corrected chi connectivity index (χ1v) is 11.7. The lowest BCUT2D eigenvalue weighted by atomic mass is 9.73. The van der Waals surface area contributed by atoms with Gasteiger partial charge >= 0.3 is 0 Å². The number of nitrogens with one attached hydrogen (secondary N) is 1. The first-order valence-electron chi connectivity index (χ1n) is 11.7. The van der Waals surface area contributed by atoms with Crippen LogP contribution in [0.4, 0.5) is 11.4 Å². The van der Waals surface area contributed by atoms with Crippen molar-refractivity contribution in [3.63, 3.8) is 0 Å². The van der Waals surface area contributed by atoms with Gasteiger partial charge in [-0.3, -0.25) is 9.59 Å². The van der Waals surface area contributed by atoms with Crippen LogP contribution in [0.3, 0.4) is 0 Å². The molecule has 1 fully saturated rings. The molecule has 1 aliphatic carbocycles. The summed E-state index contributed by atoms with van der Waals surface area (Å²) in [6.07, 6.45) is 1.29. The Morgan fingerprint density at radius 2 is 1.73 bits per heavy atom. The number of nitrogens with zero attached hydrogens (tertiary/aromatic N) is 2. The Balaban J connectivity index is 1.65.